The molecule has 6 heteroatoms. The average Bonchev–Trinajstić information content (AvgIpc) is 2.63. The molecule has 0 spiro atoms. The van der Waals surface area contributed by atoms with E-state index in [1.54, 1.807) is 0 Å². The van der Waals surface area contributed by atoms with Gasteiger partial charge >= 0.3 is 0 Å². The van der Waals surface area contributed by atoms with Crippen LogP contribution in [0.1, 0.15) is 36.0 Å². The van der Waals surface area contributed by atoms with E-state index in [1.807, 2.05) is 7.05 Å². The van der Waals surface area contributed by atoms with Crippen LogP contribution in [0.4, 0.5) is 0 Å². The fourth-order valence-electron chi connectivity index (χ4n) is 3.30. The zero-order valence-electron chi connectivity index (χ0n) is 17.1. The molecule has 0 aromatic heterocycles. The molecule has 1 aromatic rings. The molecule has 154 valence electrons. The van der Waals surface area contributed by atoms with Crippen LogP contribution in [0.15, 0.2) is 23.2 Å². The Bertz CT molecular complexity index is 540. The standard InChI is InChI=1S/C21H35N3O2.HI/c1-17-13-18(2)15-20(14-17)5-9-24-21(22-3)23-8-4-10-26-16-19-6-11-25-12-7-19;/h13-15,19H,4-12,16H2,1-3H3,(H2,22,23,24);1H. The van der Waals surface area contributed by atoms with E-state index in [9.17, 15) is 0 Å². The van der Waals surface area contributed by atoms with Crippen LogP contribution in [0.2, 0.25) is 0 Å². The minimum Gasteiger partial charge on any atom is -0.381 e. The van der Waals surface area contributed by atoms with Crippen LogP contribution < -0.4 is 10.6 Å². The van der Waals surface area contributed by atoms with E-state index in [4.69, 9.17) is 9.47 Å². The molecule has 0 atom stereocenters. The Morgan fingerprint density at radius 2 is 1.78 bits per heavy atom. The van der Waals surface area contributed by atoms with Gasteiger partial charge in [0.2, 0.25) is 0 Å². The molecule has 0 saturated carbocycles. The smallest absolute Gasteiger partial charge is 0.190 e. The molecule has 1 fully saturated rings. The summed E-state index contributed by atoms with van der Waals surface area (Å²) in [6.07, 6.45) is 4.25. The summed E-state index contributed by atoms with van der Waals surface area (Å²) in [5.74, 6) is 1.54. The van der Waals surface area contributed by atoms with Crippen molar-refractivity contribution in [2.45, 2.75) is 39.5 Å². The number of aliphatic imine (C=N–C) groups is 1. The number of ether oxygens (including phenoxy) is 2. The topological polar surface area (TPSA) is 54.9 Å². The second kappa shape index (κ2) is 14.2. The van der Waals surface area contributed by atoms with Gasteiger partial charge in [0.1, 0.15) is 0 Å². The first kappa shape index (κ1) is 24.2. The molecule has 0 amide bonds. The minimum absolute atomic E-state index is 0. The van der Waals surface area contributed by atoms with Crippen molar-refractivity contribution in [1.82, 2.24) is 10.6 Å². The van der Waals surface area contributed by atoms with Gasteiger partial charge in [0, 0.05) is 46.6 Å². The van der Waals surface area contributed by atoms with E-state index >= 15 is 0 Å². The van der Waals surface area contributed by atoms with Gasteiger partial charge in [-0.25, -0.2) is 0 Å². The van der Waals surface area contributed by atoms with E-state index in [2.05, 4.69) is 47.7 Å². The maximum absolute atomic E-state index is 5.79. The van der Waals surface area contributed by atoms with Gasteiger partial charge < -0.3 is 20.1 Å². The van der Waals surface area contributed by atoms with Crippen molar-refractivity contribution in [2.75, 3.05) is 46.6 Å². The number of halogens is 1. The number of guanidine groups is 1. The Morgan fingerprint density at radius 1 is 1.11 bits per heavy atom. The van der Waals surface area contributed by atoms with Gasteiger partial charge in [0.15, 0.2) is 5.96 Å². The number of rotatable bonds is 9. The number of aryl methyl sites for hydroxylation is 2. The van der Waals surface area contributed by atoms with Crippen molar-refractivity contribution < 1.29 is 9.47 Å². The number of hydrogen-bond donors (Lipinski definition) is 2. The lowest BCUT2D eigenvalue weighted by Gasteiger charge is -2.21. The SMILES string of the molecule is CN=C(NCCCOCC1CCOCC1)NCCc1cc(C)cc(C)c1.I. The highest BCUT2D eigenvalue weighted by atomic mass is 127. The molecule has 1 heterocycles. The normalized spacial score (nSPS) is 15.3. The summed E-state index contributed by atoms with van der Waals surface area (Å²) in [7, 11) is 1.81. The molecule has 2 N–H and O–H groups in total. The second-order valence-corrected chi connectivity index (χ2v) is 7.16. The number of benzene rings is 1. The third-order valence-electron chi connectivity index (χ3n) is 4.66. The molecule has 1 saturated heterocycles. The predicted molar refractivity (Wildman–Crippen MR) is 123 cm³/mol. The highest BCUT2D eigenvalue weighted by Crippen LogP contribution is 2.14. The lowest BCUT2D eigenvalue weighted by atomic mass is 10.0. The van der Waals surface area contributed by atoms with Crippen molar-refractivity contribution in [2.24, 2.45) is 10.9 Å². The minimum atomic E-state index is 0. The third kappa shape index (κ3) is 10.3. The summed E-state index contributed by atoms with van der Waals surface area (Å²) in [6.45, 7) is 9.48. The van der Waals surface area contributed by atoms with E-state index in [0.29, 0.717) is 5.92 Å². The van der Waals surface area contributed by atoms with Gasteiger partial charge in [-0.2, -0.15) is 0 Å². The van der Waals surface area contributed by atoms with Crippen LogP contribution in [-0.4, -0.2) is 52.5 Å². The fourth-order valence-corrected chi connectivity index (χ4v) is 3.30. The Hall–Kier alpha value is -0.860. The summed E-state index contributed by atoms with van der Waals surface area (Å²) >= 11 is 0. The Kier molecular flexibility index (Phi) is 12.7. The van der Waals surface area contributed by atoms with Crippen molar-refractivity contribution in [1.29, 1.82) is 0 Å². The van der Waals surface area contributed by atoms with Crippen molar-refractivity contribution in [3.63, 3.8) is 0 Å². The quantitative estimate of drug-likeness (QED) is 0.242. The number of nitrogens with zero attached hydrogens (tertiary/aromatic N) is 1. The molecule has 1 aromatic carbocycles. The van der Waals surface area contributed by atoms with Gasteiger partial charge in [0.05, 0.1) is 0 Å². The monoisotopic (exact) mass is 489 g/mol. The van der Waals surface area contributed by atoms with Gasteiger partial charge in [-0.15, -0.1) is 24.0 Å². The fraction of sp³-hybridized carbons (Fsp3) is 0.667. The van der Waals surface area contributed by atoms with Crippen molar-refractivity contribution in [3.05, 3.63) is 34.9 Å². The summed E-state index contributed by atoms with van der Waals surface area (Å²) in [5, 5.41) is 6.74. The first-order chi connectivity index (χ1) is 12.7. The summed E-state index contributed by atoms with van der Waals surface area (Å²) < 4.78 is 11.2. The van der Waals surface area contributed by atoms with Gasteiger partial charge in [0.25, 0.3) is 0 Å². The lowest BCUT2D eigenvalue weighted by molar-refractivity contribution is 0.0203. The second-order valence-electron chi connectivity index (χ2n) is 7.16. The van der Waals surface area contributed by atoms with Gasteiger partial charge in [-0.05, 0) is 51.0 Å². The molecule has 1 aliphatic heterocycles. The zero-order valence-corrected chi connectivity index (χ0v) is 19.4. The van der Waals surface area contributed by atoms with E-state index in [0.717, 1.165) is 71.2 Å². The summed E-state index contributed by atoms with van der Waals surface area (Å²) in [5.41, 5.74) is 4.01. The first-order valence-electron chi connectivity index (χ1n) is 9.84. The molecular formula is C21H36IN3O2. The molecule has 5 nitrogen and oxygen atoms in total. The van der Waals surface area contributed by atoms with E-state index in [1.165, 1.54) is 16.7 Å². The maximum atomic E-state index is 5.79. The number of hydrogen-bond acceptors (Lipinski definition) is 3. The molecule has 27 heavy (non-hydrogen) atoms. The van der Waals surface area contributed by atoms with Crippen LogP contribution in [0.25, 0.3) is 0 Å². The molecule has 0 bridgehead atoms. The van der Waals surface area contributed by atoms with Gasteiger partial charge in [-0.1, -0.05) is 29.3 Å². The van der Waals surface area contributed by atoms with Crippen molar-refractivity contribution >= 4 is 29.9 Å². The van der Waals surface area contributed by atoms with Gasteiger partial charge in [-0.3, -0.25) is 4.99 Å². The highest BCUT2D eigenvalue weighted by molar-refractivity contribution is 14.0. The molecular weight excluding hydrogens is 453 g/mol. The van der Waals surface area contributed by atoms with E-state index < -0.39 is 0 Å². The molecule has 0 aliphatic carbocycles. The lowest BCUT2D eigenvalue weighted by Crippen LogP contribution is -2.39. The van der Waals surface area contributed by atoms with Crippen LogP contribution in [0, 0.1) is 19.8 Å². The Balaban J connectivity index is 0.00000364. The Morgan fingerprint density at radius 3 is 2.44 bits per heavy atom. The first-order valence-corrected chi connectivity index (χ1v) is 9.84. The summed E-state index contributed by atoms with van der Waals surface area (Å²) in [4.78, 5) is 4.29. The van der Waals surface area contributed by atoms with E-state index in [-0.39, 0.29) is 24.0 Å². The van der Waals surface area contributed by atoms with Crippen LogP contribution in [0.3, 0.4) is 0 Å². The summed E-state index contributed by atoms with van der Waals surface area (Å²) in [6, 6.07) is 6.71. The third-order valence-corrected chi connectivity index (χ3v) is 4.66. The largest absolute Gasteiger partial charge is 0.381 e. The van der Waals surface area contributed by atoms with Crippen molar-refractivity contribution in [3.8, 4) is 0 Å². The van der Waals surface area contributed by atoms with Crippen LogP contribution in [0.5, 0.6) is 0 Å². The molecule has 0 unspecified atom stereocenters. The predicted octanol–water partition coefficient (Wildman–Crippen LogP) is 3.46. The zero-order chi connectivity index (χ0) is 18.6. The average molecular weight is 489 g/mol. The maximum Gasteiger partial charge on any atom is 0.190 e. The van der Waals surface area contributed by atoms with Crippen LogP contribution >= 0.6 is 24.0 Å². The molecule has 1 aliphatic rings. The highest BCUT2D eigenvalue weighted by Gasteiger charge is 2.13. The Labute approximate surface area is 181 Å². The molecule has 2 rings (SSSR count). The van der Waals surface area contributed by atoms with Crippen LogP contribution in [-0.2, 0) is 15.9 Å². The number of nitrogens with one attached hydrogen (secondary N) is 2. The molecule has 0 radical (unpaired) electrons.